The third-order valence-corrected chi connectivity index (χ3v) is 5.17. The number of ether oxygens (including phenoxy) is 1. The minimum Gasteiger partial charge on any atom is -0.378 e. The fourth-order valence-corrected chi connectivity index (χ4v) is 3.47. The summed E-state index contributed by atoms with van der Waals surface area (Å²) in [7, 11) is 0. The molecule has 5 unspecified atom stereocenters. The maximum Gasteiger partial charge on any atom is 0.241 e. The van der Waals surface area contributed by atoms with Crippen molar-refractivity contribution >= 4 is 5.91 Å². The molecular formula is C17H32N2O2. The normalized spacial score (nSPS) is 35.0. The van der Waals surface area contributed by atoms with Crippen molar-refractivity contribution in [2.75, 3.05) is 13.2 Å². The summed E-state index contributed by atoms with van der Waals surface area (Å²) in [6.45, 7) is 12.6. The van der Waals surface area contributed by atoms with E-state index in [1.807, 2.05) is 0 Å². The van der Waals surface area contributed by atoms with Gasteiger partial charge in [0.1, 0.15) is 0 Å². The van der Waals surface area contributed by atoms with E-state index in [1.165, 1.54) is 0 Å². The molecule has 0 aromatic rings. The summed E-state index contributed by atoms with van der Waals surface area (Å²) < 4.78 is 5.66. The SMILES string of the molecule is CCC(C)C1NC(CC(C)C)N(CC2CCOC2C)C1=O. The fraction of sp³-hybridized carbons (Fsp3) is 0.941. The Morgan fingerprint density at radius 1 is 1.38 bits per heavy atom. The number of hydrogen-bond donors (Lipinski definition) is 1. The molecule has 2 rings (SSSR count). The molecule has 0 radical (unpaired) electrons. The monoisotopic (exact) mass is 296 g/mol. The summed E-state index contributed by atoms with van der Waals surface area (Å²) in [6.07, 6.45) is 3.62. The van der Waals surface area contributed by atoms with Gasteiger partial charge < -0.3 is 9.64 Å². The highest BCUT2D eigenvalue weighted by Gasteiger charge is 2.42. The molecule has 2 saturated heterocycles. The second-order valence-electron chi connectivity index (χ2n) is 7.29. The average molecular weight is 296 g/mol. The lowest BCUT2D eigenvalue weighted by Gasteiger charge is -2.29. The van der Waals surface area contributed by atoms with Gasteiger partial charge in [0.25, 0.3) is 0 Å². The Morgan fingerprint density at radius 3 is 2.62 bits per heavy atom. The Hall–Kier alpha value is -0.610. The van der Waals surface area contributed by atoms with E-state index < -0.39 is 0 Å². The van der Waals surface area contributed by atoms with Crippen LogP contribution in [0.3, 0.4) is 0 Å². The predicted octanol–water partition coefficient (Wildman–Crippen LogP) is 2.63. The molecule has 21 heavy (non-hydrogen) atoms. The maximum atomic E-state index is 12.8. The quantitative estimate of drug-likeness (QED) is 0.819. The number of carbonyl (C=O) groups excluding carboxylic acids is 1. The lowest BCUT2D eigenvalue weighted by atomic mass is 9.98. The molecule has 0 aromatic carbocycles. The molecule has 2 heterocycles. The van der Waals surface area contributed by atoms with Crippen LogP contribution in [0.1, 0.15) is 53.9 Å². The van der Waals surface area contributed by atoms with E-state index in [-0.39, 0.29) is 18.3 Å². The Balaban J connectivity index is 2.07. The van der Waals surface area contributed by atoms with Gasteiger partial charge >= 0.3 is 0 Å². The molecule has 122 valence electrons. The zero-order valence-corrected chi connectivity index (χ0v) is 14.3. The average Bonchev–Trinajstić information content (AvgIpc) is 2.96. The fourth-order valence-electron chi connectivity index (χ4n) is 3.47. The summed E-state index contributed by atoms with van der Waals surface area (Å²) in [4.78, 5) is 14.9. The van der Waals surface area contributed by atoms with Crippen LogP contribution < -0.4 is 5.32 Å². The van der Waals surface area contributed by atoms with Gasteiger partial charge in [-0.3, -0.25) is 10.1 Å². The Bertz CT molecular complexity index is 359. The van der Waals surface area contributed by atoms with Crippen molar-refractivity contribution in [2.24, 2.45) is 17.8 Å². The minimum absolute atomic E-state index is 0.00335. The van der Waals surface area contributed by atoms with Gasteiger partial charge in [-0.25, -0.2) is 0 Å². The summed E-state index contributed by atoms with van der Waals surface area (Å²) in [5.41, 5.74) is 0. The largest absolute Gasteiger partial charge is 0.378 e. The molecule has 4 nitrogen and oxygen atoms in total. The zero-order chi connectivity index (χ0) is 15.6. The minimum atomic E-state index is -0.00335. The number of amides is 1. The van der Waals surface area contributed by atoms with Gasteiger partial charge in [-0.1, -0.05) is 34.1 Å². The van der Waals surface area contributed by atoms with Crippen molar-refractivity contribution in [3.8, 4) is 0 Å². The van der Waals surface area contributed by atoms with Crippen LogP contribution in [0.25, 0.3) is 0 Å². The number of carbonyl (C=O) groups is 1. The van der Waals surface area contributed by atoms with Crippen molar-refractivity contribution in [1.29, 1.82) is 0 Å². The number of rotatable bonds is 6. The van der Waals surface area contributed by atoms with Crippen molar-refractivity contribution in [2.45, 2.75) is 72.2 Å². The predicted molar refractivity (Wildman–Crippen MR) is 84.9 cm³/mol. The van der Waals surface area contributed by atoms with E-state index in [4.69, 9.17) is 4.74 Å². The first kappa shape index (κ1) is 16.8. The molecule has 0 saturated carbocycles. The van der Waals surface area contributed by atoms with Gasteiger partial charge in [-0.05, 0) is 31.6 Å². The second-order valence-corrected chi connectivity index (χ2v) is 7.29. The van der Waals surface area contributed by atoms with Crippen LogP contribution in [0.15, 0.2) is 0 Å². The van der Waals surface area contributed by atoms with Crippen LogP contribution >= 0.6 is 0 Å². The number of nitrogens with one attached hydrogen (secondary N) is 1. The molecular weight excluding hydrogens is 264 g/mol. The molecule has 2 aliphatic rings. The van der Waals surface area contributed by atoms with Crippen LogP contribution in [-0.2, 0) is 9.53 Å². The van der Waals surface area contributed by atoms with Crippen LogP contribution in [0.4, 0.5) is 0 Å². The Labute approximate surface area is 129 Å². The van der Waals surface area contributed by atoms with Gasteiger partial charge in [0.05, 0.1) is 18.3 Å². The van der Waals surface area contributed by atoms with Crippen molar-refractivity contribution in [1.82, 2.24) is 10.2 Å². The lowest BCUT2D eigenvalue weighted by molar-refractivity contribution is -0.131. The first-order valence-electron chi connectivity index (χ1n) is 8.62. The molecule has 4 heteroatoms. The topological polar surface area (TPSA) is 41.6 Å². The summed E-state index contributed by atoms with van der Waals surface area (Å²) >= 11 is 0. The van der Waals surface area contributed by atoms with E-state index in [9.17, 15) is 4.79 Å². The maximum absolute atomic E-state index is 12.8. The summed E-state index contributed by atoms with van der Waals surface area (Å²) in [5, 5.41) is 3.60. The van der Waals surface area contributed by atoms with Gasteiger partial charge in [0.15, 0.2) is 0 Å². The van der Waals surface area contributed by atoms with Crippen molar-refractivity contribution in [3.63, 3.8) is 0 Å². The van der Waals surface area contributed by atoms with Gasteiger partial charge in [0.2, 0.25) is 5.91 Å². The second kappa shape index (κ2) is 7.10. The summed E-state index contributed by atoms with van der Waals surface area (Å²) in [5.74, 6) is 1.77. The third-order valence-electron chi connectivity index (χ3n) is 5.17. The Morgan fingerprint density at radius 2 is 2.10 bits per heavy atom. The standard InChI is InChI=1S/C17H32N2O2/c1-6-12(4)16-17(20)19(15(18-16)9-11(2)3)10-14-7-8-21-13(14)5/h11-16,18H,6-10H2,1-5H3. The van der Waals surface area contributed by atoms with Crippen LogP contribution in [0.2, 0.25) is 0 Å². The van der Waals surface area contributed by atoms with E-state index in [0.717, 1.165) is 32.4 Å². The lowest BCUT2D eigenvalue weighted by Crippen LogP contribution is -2.42. The first-order chi connectivity index (χ1) is 9.93. The molecule has 2 fully saturated rings. The van der Waals surface area contributed by atoms with E-state index >= 15 is 0 Å². The van der Waals surface area contributed by atoms with Gasteiger partial charge in [-0.2, -0.15) is 0 Å². The molecule has 0 spiro atoms. The molecule has 0 bridgehead atoms. The number of nitrogens with zero attached hydrogens (tertiary/aromatic N) is 1. The molecule has 0 aromatic heterocycles. The van der Waals surface area contributed by atoms with Gasteiger partial charge in [0, 0.05) is 19.1 Å². The van der Waals surface area contributed by atoms with E-state index in [1.54, 1.807) is 0 Å². The van der Waals surface area contributed by atoms with Crippen molar-refractivity contribution in [3.05, 3.63) is 0 Å². The van der Waals surface area contributed by atoms with Crippen molar-refractivity contribution < 1.29 is 9.53 Å². The smallest absolute Gasteiger partial charge is 0.241 e. The third kappa shape index (κ3) is 3.78. The molecule has 1 N–H and O–H groups in total. The van der Waals surface area contributed by atoms with E-state index in [0.29, 0.717) is 23.7 Å². The van der Waals surface area contributed by atoms with Gasteiger partial charge in [-0.15, -0.1) is 0 Å². The first-order valence-corrected chi connectivity index (χ1v) is 8.62. The highest BCUT2D eigenvalue weighted by atomic mass is 16.5. The van der Waals surface area contributed by atoms with Crippen LogP contribution in [0, 0.1) is 17.8 Å². The number of hydrogen-bond acceptors (Lipinski definition) is 3. The zero-order valence-electron chi connectivity index (χ0n) is 14.3. The van der Waals surface area contributed by atoms with E-state index in [2.05, 4.69) is 44.8 Å². The molecule has 0 aliphatic carbocycles. The van der Waals surface area contributed by atoms with Crippen LogP contribution in [-0.4, -0.2) is 42.3 Å². The molecule has 5 atom stereocenters. The summed E-state index contributed by atoms with van der Waals surface area (Å²) in [6, 6.07) is -0.00335. The highest BCUT2D eigenvalue weighted by Crippen LogP contribution is 2.28. The molecule has 1 amide bonds. The molecule has 2 aliphatic heterocycles. The highest BCUT2D eigenvalue weighted by molar-refractivity contribution is 5.84. The van der Waals surface area contributed by atoms with Crippen LogP contribution in [0.5, 0.6) is 0 Å². The Kier molecular flexibility index (Phi) is 5.67.